The van der Waals surface area contributed by atoms with Crippen LogP contribution in [-0.2, 0) is 20.9 Å². The van der Waals surface area contributed by atoms with Gasteiger partial charge in [-0.25, -0.2) is 4.98 Å². The van der Waals surface area contributed by atoms with E-state index < -0.39 is 0 Å². The number of hydrogen-bond donors (Lipinski definition) is 0. The summed E-state index contributed by atoms with van der Waals surface area (Å²) in [7, 11) is 0. The van der Waals surface area contributed by atoms with Crippen molar-refractivity contribution in [2.75, 3.05) is 19.7 Å². The van der Waals surface area contributed by atoms with E-state index in [1.807, 2.05) is 0 Å². The summed E-state index contributed by atoms with van der Waals surface area (Å²) in [4.78, 5) is 43.7. The highest BCUT2D eigenvalue weighted by atomic mass is 35.5. The summed E-state index contributed by atoms with van der Waals surface area (Å²) < 4.78 is 6.45. The lowest BCUT2D eigenvalue weighted by atomic mass is 9.98. The van der Waals surface area contributed by atoms with Gasteiger partial charge in [0, 0.05) is 35.4 Å². The lowest BCUT2D eigenvalue weighted by molar-refractivity contribution is -0.151. The number of hydrogen-bond acceptors (Lipinski definition) is 5. The molecule has 2 heterocycles. The second-order valence-corrected chi connectivity index (χ2v) is 7.52. The van der Waals surface area contributed by atoms with E-state index in [1.54, 1.807) is 43.0 Å². The number of rotatable bonds is 5. The maximum absolute atomic E-state index is 12.9. The standard InChI is InChI=1S/C21H24ClN3O4/c1-3-29-21(28)16-7-5-9-24(12-16)19(27)13-25-18(26)10-14(2)23-20(25)15-6-4-8-17(22)11-15/h4,6,8,10-11,16H,3,5,7,9,12-13H2,1-2H3/t16-/m1/s1. The molecule has 1 atom stereocenters. The third-order valence-electron chi connectivity index (χ3n) is 4.91. The molecule has 1 aliphatic rings. The number of piperidine rings is 1. The van der Waals surface area contributed by atoms with Crippen LogP contribution in [0.25, 0.3) is 11.4 Å². The highest BCUT2D eigenvalue weighted by molar-refractivity contribution is 6.30. The largest absolute Gasteiger partial charge is 0.466 e. The minimum Gasteiger partial charge on any atom is -0.466 e. The van der Waals surface area contributed by atoms with E-state index in [9.17, 15) is 14.4 Å². The van der Waals surface area contributed by atoms with Gasteiger partial charge >= 0.3 is 5.97 Å². The zero-order chi connectivity index (χ0) is 21.0. The molecule has 3 rings (SSSR count). The van der Waals surface area contributed by atoms with Crippen molar-refractivity contribution in [3.63, 3.8) is 0 Å². The van der Waals surface area contributed by atoms with Crippen LogP contribution in [-0.4, -0.2) is 46.0 Å². The molecule has 8 heteroatoms. The van der Waals surface area contributed by atoms with Gasteiger partial charge in [-0.05, 0) is 38.8 Å². The Labute approximate surface area is 174 Å². The number of esters is 1. The molecule has 0 aliphatic carbocycles. The monoisotopic (exact) mass is 417 g/mol. The molecule has 1 saturated heterocycles. The summed E-state index contributed by atoms with van der Waals surface area (Å²) in [5.41, 5.74) is 0.919. The number of carbonyl (C=O) groups is 2. The van der Waals surface area contributed by atoms with Crippen LogP contribution in [0.1, 0.15) is 25.5 Å². The van der Waals surface area contributed by atoms with E-state index in [0.717, 1.165) is 6.42 Å². The van der Waals surface area contributed by atoms with Crippen LogP contribution in [0.4, 0.5) is 0 Å². The number of benzene rings is 1. The average molecular weight is 418 g/mol. The predicted molar refractivity (Wildman–Crippen MR) is 110 cm³/mol. The van der Waals surface area contributed by atoms with E-state index in [0.29, 0.717) is 48.2 Å². The average Bonchev–Trinajstić information content (AvgIpc) is 2.70. The summed E-state index contributed by atoms with van der Waals surface area (Å²) in [6.07, 6.45) is 1.42. The minimum atomic E-state index is -0.326. The van der Waals surface area contributed by atoms with Crippen molar-refractivity contribution < 1.29 is 14.3 Å². The molecule has 29 heavy (non-hydrogen) atoms. The van der Waals surface area contributed by atoms with Crippen LogP contribution >= 0.6 is 11.6 Å². The van der Waals surface area contributed by atoms with E-state index >= 15 is 0 Å². The first-order chi connectivity index (χ1) is 13.9. The molecule has 2 aromatic rings. The van der Waals surface area contributed by atoms with Gasteiger partial charge < -0.3 is 9.64 Å². The van der Waals surface area contributed by atoms with Crippen LogP contribution in [0.5, 0.6) is 0 Å². The lowest BCUT2D eigenvalue weighted by Crippen LogP contribution is -2.45. The van der Waals surface area contributed by atoms with Gasteiger partial charge in [0.2, 0.25) is 5.91 Å². The van der Waals surface area contributed by atoms with Gasteiger partial charge in [-0.15, -0.1) is 0 Å². The fourth-order valence-electron chi connectivity index (χ4n) is 3.51. The summed E-state index contributed by atoms with van der Waals surface area (Å²) >= 11 is 6.09. The van der Waals surface area contributed by atoms with Crippen LogP contribution in [0, 0.1) is 12.8 Å². The molecule has 0 bridgehead atoms. The smallest absolute Gasteiger partial charge is 0.310 e. The molecule has 1 amide bonds. The molecule has 154 valence electrons. The highest BCUT2D eigenvalue weighted by Gasteiger charge is 2.29. The summed E-state index contributed by atoms with van der Waals surface area (Å²) in [5, 5.41) is 0.518. The van der Waals surface area contributed by atoms with Crippen molar-refractivity contribution in [2.45, 2.75) is 33.2 Å². The van der Waals surface area contributed by atoms with Crippen LogP contribution < -0.4 is 5.56 Å². The number of halogens is 1. The van der Waals surface area contributed by atoms with Crippen LogP contribution in [0.2, 0.25) is 5.02 Å². The van der Waals surface area contributed by atoms with Gasteiger partial charge in [0.1, 0.15) is 12.4 Å². The van der Waals surface area contributed by atoms with E-state index in [4.69, 9.17) is 16.3 Å². The Morgan fingerprint density at radius 3 is 2.83 bits per heavy atom. The number of carbonyl (C=O) groups excluding carboxylic acids is 2. The van der Waals surface area contributed by atoms with E-state index in [-0.39, 0.29) is 29.9 Å². The molecule has 0 saturated carbocycles. The molecule has 1 fully saturated rings. The van der Waals surface area contributed by atoms with Gasteiger partial charge in [-0.1, -0.05) is 23.7 Å². The molecule has 0 radical (unpaired) electrons. The van der Waals surface area contributed by atoms with Gasteiger partial charge in [0.05, 0.1) is 12.5 Å². The molecular weight excluding hydrogens is 394 g/mol. The Balaban J connectivity index is 1.85. The fourth-order valence-corrected chi connectivity index (χ4v) is 3.70. The second kappa shape index (κ2) is 9.22. The van der Waals surface area contributed by atoms with Crippen molar-refractivity contribution in [1.82, 2.24) is 14.5 Å². The maximum Gasteiger partial charge on any atom is 0.310 e. The van der Waals surface area contributed by atoms with Crippen LogP contribution in [0.3, 0.4) is 0 Å². The number of aryl methyl sites for hydroxylation is 1. The molecule has 0 N–H and O–H groups in total. The molecule has 0 unspecified atom stereocenters. The van der Waals surface area contributed by atoms with E-state index in [2.05, 4.69) is 4.98 Å². The van der Waals surface area contributed by atoms with Crippen molar-refractivity contribution in [3.05, 3.63) is 51.4 Å². The summed E-state index contributed by atoms with van der Waals surface area (Å²) in [6.45, 7) is 4.52. The summed E-state index contributed by atoms with van der Waals surface area (Å²) in [5.74, 6) is -0.438. The van der Waals surface area contributed by atoms with E-state index in [1.165, 1.54) is 10.6 Å². The van der Waals surface area contributed by atoms with Crippen molar-refractivity contribution in [3.8, 4) is 11.4 Å². The fraction of sp³-hybridized carbons (Fsp3) is 0.429. The molecule has 0 spiro atoms. The quantitative estimate of drug-likeness (QED) is 0.698. The summed E-state index contributed by atoms with van der Waals surface area (Å²) in [6, 6.07) is 8.41. The number of likely N-dealkylation sites (tertiary alicyclic amines) is 1. The van der Waals surface area contributed by atoms with Gasteiger partial charge in [0.15, 0.2) is 0 Å². The maximum atomic E-state index is 12.9. The topological polar surface area (TPSA) is 81.5 Å². The number of nitrogens with zero attached hydrogens (tertiary/aromatic N) is 3. The van der Waals surface area contributed by atoms with Crippen molar-refractivity contribution in [1.29, 1.82) is 0 Å². The first kappa shape index (κ1) is 21.0. The molecule has 1 aromatic heterocycles. The number of aromatic nitrogens is 2. The first-order valence-corrected chi connectivity index (χ1v) is 10.1. The third kappa shape index (κ3) is 5.03. The Morgan fingerprint density at radius 1 is 1.31 bits per heavy atom. The normalized spacial score (nSPS) is 16.5. The minimum absolute atomic E-state index is 0.149. The second-order valence-electron chi connectivity index (χ2n) is 7.09. The van der Waals surface area contributed by atoms with Gasteiger partial charge in [-0.3, -0.25) is 19.0 Å². The Bertz CT molecular complexity index is 973. The Morgan fingerprint density at radius 2 is 2.10 bits per heavy atom. The molecule has 7 nitrogen and oxygen atoms in total. The zero-order valence-corrected chi connectivity index (χ0v) is 17.3. The third-order valence-corrected chi connectivity index (χ3v) is 5.14. The highest BCUT2D eigenvalue weighted by Crippen LogP contribution is 2.22. The Hall–Kier alpha value is -2.67. The molecule has 1 aliphatic heterocycles. The predicted octanol–water partition coefficient (Wildman–Crippen LogP) is 2.67. The van der Waals surface area contributed by atoms with Crippen molar-refractivity contribution in [2.24, 2.45) is 5.92 Å². The number of ether oxygens (including phenoxy) is 1. The first-order valence-electron chi connectivity index (χ1n) is 9.68. The van der Waals surface area contributed by atoms with Crippen LogP contribution in [0.15, 0.2) is 35.1 Å². The Kier molecular flexibility index (Phi) is 6.69. The molecular formula is C21H24ClN3O4. The lowest BCUT2D eigenvalue weighted by Gasteiger charge is -2.31. The SMILES string of the molecule is CCOC(=O)[C@@H]1CCCN(C(=O)Cn2c(-c3cccc(Cl)c3)nc(C)cc2=O)C1. The van der Waals surface area contributed by atoms with Crippen molar-refractivity contribution >= 4 is 23.5 Å². The van der Waals surface area contributed by atoms with Gasteiger partial charge in [0.25, 0.3) is 5.56 Å². The van der Waals surface area contributed by atoms with Gasteiger partial charge in [-0.2, -0.15) is 0 Å². The molecule has 1 aromatic carbocycles. The number of amides is 1. The zero-order valence-electron chi connectivity index (χ0n) is 16.6.